The normalized spacial score (nSPS) is 19.6. The SMILES string of the molecule is CCOC(=O)C(CC)N(C)C(CN)C1CC1. The molecule has 0 radical (unpaired) electrons. The molecule has 1 fully saturated rings. The molecular weight excluding hydrogens is 204 g/mol. The number of hydrogen-bond donors (Lipinski definition) is 1. The summed E-state index contributed by atoms with van der Waals surface area (Å²) in [6.45, 7) is 4.92. The Morgan fingerprint density at radius 3 is 2.50 bits per heavy atom. The summed E-state index contributed by atoms with van der Waals surface area (Å²) in [7, 11) is 1.99. The van der Waals surface area contributed by atoms with Crippen LogP contribution in [0.15, 0.2) is 0 Å². The summed E-state index contributed by atoms with van der Waals surface area (Å²) in [6, 6.07) is 0.184. The van der Waals surface area contributed by atoms with Gasteiger partial charge in [-0.25, -0.2) is 0 Å². The molecule has 2 unspecified atom stereocenters. The minimum absolute atomic E-state index is 0.119. The Labute approximate surface area is 98.1 Å². The van der Waals surface area contributed by atoms with Gasteiger partial charge in [-0.2, -0.15) is 0 Å². The van der Waals surface area contributed by atoms with Gasteiger partial charge in [0.1, 0.15) is 6.04 Å². The third-order valence-corrected chi connectivity index (χ3v) is 3.37. The van der Waals surface area contributed by atoms with Crippen LogP contribution in [0.25, 0.3) is 0 Å². The van der Waals surface area contributed by atoms with E-state index in [2.05, 4.69) is 4.90 Å². The molecule has 0 bridgehead atoms. The average Bonchev–Trinajstić information content (AvgIpc) is 3.04. The number of esters is 1. The minimum Gasteiger partial charge on any atom is -0.465 e. The van der Waals surface area contributed by atoms with Crippen molar-refractivity contribution >= 4 is 5.97 Å². The molecule has 4 heteroatoms. The molecule has 0 aromatic heterocycles. The molecule has 2 atom stereocenters. The van der Waals surface area contributed by atoms with Gasteiger partial charge in [0.25, 0.3) is 0 Å². The Hall–Kier alpha value is -0.610. The zero-order valence-electron chi connectivity index (χ0n) is 10.6. The van der Waals surface area contributed by atoms with Crippen LogP contribution in [0.1, 0.15) is 33.1 Å². The molecular formula is C12H24N2O2. The van der Waals surface area contributed by atoms with Gasteiger partial charge in [0.2, 0.25) is 0 Å². The highest BCUT2D eigenvalue weighted by Crippen LogP contribution is 2.35. The molecule has 1 aliphatic carbocycles. The van der Waals surface area contributed by atoms with Gasteiger partial charge in [-0.3, -0.25) is 9.69 Å². The van der Waals surface area contributed by atoms with Crippen LogP contribution < -0.4 is 5.73 Å². The molecule has 1 saturated carbocycles. The van der Waals surface area contributed by atoms with Gasteiger partial charge in [0, 0.05) is 12.6 Å². The van der Waals surface area contributed by atoms with E-state index in [4.69, 9.17) is 10.5 Å². The van der Waals surface area contributed by atoms with Crippen LogP contribution in [0, 0.1) is 5.92 Å². The van der Waals surface area contributed by atoms with Crippen molar-refractivity contribution in [3.63, 3.8) is 0 Å². The van der Waals surface area contributed by atoms with E-state index >= 15 is 0 Å². The second kappa shape index (κ2) is 6.21. The number of hydrogen-bond acceptors (Lipinski definition) is 4. The monoisotopic (exact) mass is 228 g/mol. The van der Waals surface area contributed by atoms with Gasteiger partial charge < -0.3 is 10.5 Å². The van der Waals surface area contributed by atoms with Crippen molar-refractivity contribution in [3.8, 4) is 0 Å². The number of nitrogens with two attached hydrogens (primary N) is 1. The zero-order chi connectivity index (χ0) is 12.1. The van der Waals surface area contributed by atoms with Crippen LogP contribution >= 0.6 is 0 Å². The maximum atomic E-state index is 11.8. The summed E-state index contributed by atoms with van der Waals surface area (Å²) in [4.78, 5) is 13.9. The number of carbonyl (C=O) groups is 1. The lowest BCUT2D eigenvalue weighted by Gasteiger charge is -2.32. The molecule has 16 heavy (non-hydrogen) atoms. The predicted octanol–water partition coefficient (Wildman–Crippen LogP) is 0.997. The van der Waals surface area contributed by atoms with E-state index in [1.165, 1.54) is 12.8 Å². The lowest BCUT2D eigenvalue weighted by molar-refractivity contribution is -0.150. The van der Waals surface area contributed by atoms with Crippen molar-refractivity contribution in [3.05, 3.63) is 0 Å². The first-order chi connectivity index (χ1) is 7.65. The van der Waals surface area contributed by atoms with E-state index in [0.29, 0.717) is 25.1 Å². The maximum Gasteiger partial charge on any atom is 0.323 e. The van der Waals surface area contributed by atoms with Gasteiger partial charge in [-0.05, 0) is 39.2 Å². The molecule has 0 aromatic carbocycles. The van der Waals surface area contributed by atoms with Crippen molar-refractivity contribution in [1.82, 2.24) is 4.90 Å². The summed E-state index contributed by atoms with van der Waals surface area (Å²) < 4.78 is 5.09. The number of likely N-dealkylation sites (N-methyl/N-ethyl adjacent to an activating group) is 1. The second-order valence-electron chi connectivity index (χ2n) is 4.48. The molecule has 4 nitrogen and oxygen atoms in total. The summed E-state index contributed by atoms with van der Waals surface area (Å²) in [5.41, 5.74) is 5.79. The fourth-order valence-electron chi connectivity index (χ4n) is 2.26. The highest BCUT2D eigenvalue weighted by Gasteiger charge is 2.37. The third kappa shape index (κ3) is 3.19. The number of ether oxygens (including phenoxy) is 1. The van der Waals surface area contributed by atoms with Crippen molar-refractivity contribution in [1.29, 1.82) is 0 Å². The Balaban J connectivity index is 2.58. The summed E-state index contributed by atoms with van der Waals surface area (Å²) >= 11 is 0. The van der Waals surface area contributed by atoms with Gasteiger partial charge in [-0.15, -0.1) is 0 Å². The smallest absolute Gasteiger partial charge is 0.323 e. The molecule has 0 saturated heterocycles. The first-order valence-corrected chi connectivity index (χ1v) is 6.24. The van der Waals surface area contributed by atoms with E-state index in [1.807, 2.05) is 20.9 Å². The standard InChI is InChI=1S/C12H24N2O2/c1-4-10(12(15)16-5-2)14(3)11(8-13)9-6-7-9/h9-11H,4-8,13H2,1-3H3. The van der Waals surface area contributed by atoms with Crippen LogP contribution in [0.2, 0.25) is 0 Å². The van der Waals surface area contributed by atoms with Crippen molar-refractivity contribution in [2.45, 2.75) is 45.2 Å². The Morgan fingerprint density at radius 1 is 1.50 bits per heavy atom. The fraction of sp³-hybridized carbons (Fsp3) is 0.917. The van der Waals surface area contributed by atoms with E-state index in [0.717, 1.165) is 6.42 Å². The number of carbonyl (C=O) groups excluding carboxylic acids is 1. The first kappa shape index (κ1) is 13.5. The lowest BCUT2D eigenvalue weighted by atomic mass is 10.1. The number of nitrogens with zero attached hydrogens (tertiary/aromatic N) is 1. The molecule has 94 valence electrons. The molecule has 0 aromatic rings. The first-order valence-electron chi connectivity index (χ1n) is 6.24. The Bertz CT molecular complexity index is 229. The van der Waals surface area contributed by atoms with Crippen molar-refractivity contribution < 1.29 is 9.53 Å². The van der Waals surface area contributed by atoms with Crippen molar-refractivity contribution in [2.75, 3.05) is 20.2 Å². The van der Waals surface area contributed by atoms with Crippen LogP contribution in [0.3, 0.4) is 0 Å². The Kier molecular flexibility index (Phi) is 5.22. The van der Waals surface area contributed by atoms with Crippen LogP contribution in [-0.2, 0) is 9.53 Å². The van der Waals surface area contributed by atoms with Crippen LogP contribution in [0.5, 0.6) is 0 Å². The average molecular weight is 228 g/mol. The van der Waals surface area contributed by atoms with E-state index < -0.39 is 0 Å². The molecule has 1 aliphatic rings. The summed E-state index contributed by atoms with van der Waals surface area (Å²) in [6.07, 6.45) is 3.26. The topological polar surface area (TPSA) is 55.6 Å². The minimum atomic E-state index is -0.144. The molecule has 2 N–H and O–H groups in total. The molecule has 0 aliphatic heterocycles. The molecule has 0 amide bonds. The highest BCUT2D eigenvalue weighted by atomic mass is 16.5. The van der Waals surface area contributed by atoms with E-state index in [1.54, 1.807) is 0 Å². The molecule has 1 rings (SSSR count). The largest absolute Gasteiger partial charge is 0.465 e. The van der Waals surface area contributed by atoms with E-state index in [-0.39, 0.29) is 12.0 Å². The lowest BCUT2D eigenvalue weighted by Crippen LogP contribution is -2.49. The van der Waals surface area contributed by atoms with Crippen molar-refractivity contribution in [2.24, 2.45) is 11.7 Å². The molecule has 0 spiro atoms. The predicted molar refractivity (Wildman–Crippen MR) is 64.0 cm³/mol. The van der Waals surface area contributed by atoms with Gasteiger partial charge in [0.15, 0.2) is 0 Å². The van der Waals surface area contributed by atoms with Gasteiger partial charge >= 0.3 is 5.97 Å². The zero-order valence-corrected chi connectivity index (χ0v) is 10.6. The van der Waals surface area contributed by atoms with E-state index in [9.17, 15) is 4.79 Å². The maximum absolute atomic E-state index is 11.8. The summed E-state index contributed by atoms with van der Waals surface area (Å²) in [5, 5.41) is 0. The molecule has 0 heterocycles. The number of rotatable bonds is 7. The quantitative estimate of drug-likeness (QED) is 0.660. The highest BCUT2D eigenvalue weighted by molar-refractivity contribution is 5.75. The fourth-order valence-corrected chi connectivity index (χ4v) is 2.26. The van der Waals surface area contributed by atoms with Gasteiger partial charge in [-0.1, -0.05) is 6.92 Å². The second-order valence-corrected chi connectivity index (χ2v) is 4.48. The van der Waals surface area contributed by atoms with Crippen LogP contribution in [-0.4, -0.2) is 43.2 Å². The third-order valence-electron chi connectivity index (χ3n) is 3.37. The van der Waals surface area contributed by atoms with Gasteiger partial charge in [0.05, 0.1) is 6.61 Å². The summed E-state index contributed by atoms with van der Waals surface area (Å²) in [5.74, 6) is 0.560. The Morgan fingerprint density at radius 2 is 2.12 bits per heavy atom. The van der Waals surface area contributed by atoms with Crippen LogP contribution in [0.4, 0.5) is 0 Å².